The first-order valence-corrected chi connectivity index (χ1v) is 10.7. The van der Waals surface area contributed by atoms with Crippen molar-refractivity contribution in [2.24, 2.45) is 0 Å². The summed E-state index contributed by atoms with van der Waals surface area (Å²) in [5.74, 6) is 0.541. The van der Waals surface area contributed by atoms with E-state index in [2.05, 4.69) is 21.4 Å². The Kier molecular flexibility index (Phi) is 6.66. The third-order valence-corrected chi connectivity index (χ3v) is 5.70. The number of carbonyl (C=O) groups is 1. The Labute approximate surface area is 187 Å². The molecule has 0 saturated carbocycles. The highest BCUT2D eigenvalue weighted by atomic mass is 19.1. The van der Waals surface area contributed by atoms with Crippen LogP contribution in [0.15, 0.2) is 67.0 Å². The van der Waals surface area contributed by atoms with Gasteiger partial charge in [0.1, 0.15) is 11.6 Å². The third kappa shape index (κ3) is 5.23. The first kappa shape index (κ1) is 21.8. The zero-order chi connectivity index (χ0) is 22.5. The lowest BCUT2D eigenvalue weighted by atomic mass is 10.0. The zero-order valence-corrected chi connectivity index (χ0v) is 18.3. The van der Waals surface area contributed by atoms with Crippen molar-refractivity contribution in [1.82, 2.24) is 20.0 Å². The minimum absolute atomic E-state index is 0.00861. The van der Waals surface area contributed by atoms with Crippen LogP contribution in [-0.2, 0) is 4.79 Å². The summed E-state index contributed by atoms with van der Waals surface area (Å²) in [7, 11) is 1.64. The molecule has 0 fully saturated rings. The molecule has 6 nitrogen and oxygen atoms in total. The summed E-state index contributed by atoms with van der Waals surface area (Å²) >= 11 is 0. The third-order valence-electron chi connectivity index (χ3n) is 5.70. The van der Waals surface area contributed by atoms with Crippen LogP contribution < -0.4 is 10.1 Å². The number of nitrogens with one attached hydrogen (secondary N) is 1. The summed E-state index contributed by atoms with van der Waals surface area (Å²) < 4.78 is 20.1. The second-order valence-corrected chi connectivity index (χ2v) is 7.93. The van der Waals surface area contributed by atoms with Crippen molar-refractivity contribution in [3.63, 3.8) is 0 Å². The van der Waals surface area contributed by atoms with Gasteiger partial charge in [-0.25, -0.2) is 9.07 Å². The number of ether oxygens (including phenoxy) is 1. The minimum Gasteiger partial charge on any atom is -0.497 e. The summed E-state index contributed by atoms with van der Waals surface area (Å²) in [5, 5.41) is 7.47. The lowest BCUT2D eigenvalue weighted by Gasteiger charge is -2.26. The van der Waals surface area contributed by atoms with Gasteiger partial charge < -0.3 is 10.1 Å². The summed E-state index contributed by atoms with van der Waals surface area (Å²) in [5.41, 5.74) is 4.12. The van der Waals surface area contributed by atoms with Gasteiger partial charge in [0.25, 0.3) is 0 Å². The van der Waals surface area contributed by atoms with Crippen LogP contribution in [0.2, 0.25) is 0 Å². The molecule has 7 heteroatoms. The average molecular weight is 435 g/mol. The van der Waals surface area contributed by atoms with E-state index >= 15 is 0 Å². The van der Waals surface area contributed by atoms with E-state index in [1.807, 2.05) is 43.6 Å². The number of benzene rings is 2. The van der Waals surface area contributed by atoms with Crippen molar-refractivity contribution in [1.29, 1.82) is 0 Å². The largest absolute Gasteiger partial charge is 0.497 e. The van der Waals surface area contributed by atoms with Crippen molar-refractivity contribution in [2.45, 2.75) is 19.4 Å². The maximum atomic E-state index is 13.1. The lowest BCUT2D eigenvalue weighted by Crippen LogP contribution is -2.40. The van der Waals surface area contributed by atoms with Crippen molar-refractivity contribution in [3.05, 3.63) is 83.9 Å². The Morgan fingerprint density at radius 1 is 1.19 bits per heavy atom. The van der Waals surface area contributed by atoms with Gasteiger partial charge >= 0.3 is 0 Å². The number of carbonyl (C=O) groups excluding carboxylic acids is 1. The molecule has 1 aliphatic rings. The molecule has 0 bridgehead atoms. The van der Waals surface area contributed by atoms with E-state index in [4.69, 9.17) is 4.74 Å². The Bertz CT molecular complexity index is 1090. The number of hydrogen-bond donors (Lipinski definition) is 1. The van der Waals surface area contributed by atoms with E-state index < -0.39 is 0 Å². The number of aromatic nitrogens is 2. The number of amides is 1. The second kappa shape index (κ2) is 9.78. The predicted octanol–water partition coefficient (Wildman–Crippen LogP) is 3.99. The molecule has 0 spiro atoms. The van der Waals surface area contributed by atoms with Crippen molar-refractivity contribution in [2.75, 3.05) is 26.7 Å². The molecule has 1 amide bonds. The molecular formula is C25H27FN4O2. The highest BCUT2D eigenvalue weighted by Crippen LogP contribution is 2.23. The molecular weight excluding hydrogens is 407 g/mol. The molecule has 166 valence electrons. The average Bonchev–Trinajstić information content (AvgIpc) is 3.30. The molecule has 1 aliphatic heterocycles. The number of methoxy groups -OCH3 is 1. The van der Waals surface area contributed by atoms with Gasteiger partial charge in [0.15, 0.2) is 0 Å². The van der Waals surface area contributed by atoms with E-state index in [0.717, 1.165) is 35.5 Å². The minimum atomic E-state index is -0.265. The number of halogens is 1. The standard InChI is InChI=1S/C25H27FN4O2/c1-18(19-3-9-24(32-2)10-4-19)28-25(31)17-29-13-11-20(12-14-29)21-15-27-30(16-21)23-7-5-22(26)6-8-23/h3-11,15-16,18H,12-14,17H2,1-2H3,(H,28,31)/t18-/m1/s1. The molecule has 1 N–H and O–H groups in total. The smallest absolute Gasteiger partial charge is 0.234 e. The van der Waals surface area contributed by atoms with Crippen LogP contribution in [-0.4, -0.2) is 47.3 Å². The molecule has 2 aromatic carbocycles. The lowest BCUT2D eigenvalue weighted by molar-refractivity contribution is -0.122. The van der Waals surface area contributed by atoms with Crippen molar-refractivity contribution >= 4 is 11.5 Å². The van der Waals surface area contributed by atoms with Gasteiger partial charge in [0, 0.05) is 24.8 Å². The quantitative estimate of drug-likeness (QED) is 0.611. The fraction of sp³-hybridized carbons (Fsp3) is 0.280. The summed E-state index contributed by atoms with van der Waals surface area (Å²) in [6.07, 6.45) is 6.78. The first-order chi connectivity index (χ1) is 15.5. The summed E-state index contributed by atoms with van der Waals surface area (Å²) in [6.45, 7) is 3.85. The monoisotopic (exact) mass is 434 g/mol. The van der Waals surface area contributed by atoms with Gasteiger partial charge in [0.2, 0.25) is 5.91 Å². The van der Waals surface area contributed by atoms with Crippen LogP contribution in [0.5, 0.6) is 5.75 Å². The Balaban J connectivity index is 1.30. The van der Waals surface area contributed by atoms with Gasteiger partial charge in [-0.1, -0.05) is 18.2 Å². The molecule has 32 heavy (non-hydrogen) atoms. The topological polar surface area (TPSA) is 59.4 Å². The summed E-state index contributed by atoms with van der Waals surface area (Å²) in [4.78, 5) is 14.6. The Morgan fingerprint density at radius 3 is 2.59 bits per heavy atom. The van der Waals surface area contributed by atoms with E-state index in [-0.39, 0.29) is 17.8 Å². The van der Waals surface area contributed by atoms with Gasteiger partial charge in [-0.05, 0) is 60.9 Å². The molecule has 0 radical (unpaired) electrons. The molecule has 0 aliphatic carbocycles. The first-order valence-electron chi connectivity index (χ1n) is 10.7. The van der Waals surface area contributed by atoms with Gasteiger partial charge in [0.05, 0.1) is 31.6 Å². The maximum absolute atomic E-state index is 13.1. The fourth-order valence-corrected chi connectivity index (χ4v) is 3.81. The van der Waals surface area contributed by atoms with Gasteiger partial charge in [-0.15, -0.1) is 0 Å². The number of hydrogen-bond acceptors (Lipinski definition) is 4. The van der Waals surface area contributed by atoms with E-state index in [9.17, 15) is 9.18 Å². The van der Waals surface area contributed by atoms with Crippen LogP contribution in [0.4, 0.5) is 4.39 Å². The van der Waals surface area contributed by atoms with E-state index in [0.29, 0.717) is 13.1 Å². The normalized spacial score (nSPS) is 15.2. The maximum Gasteiger partial charge on any atom is 0.234 e. The number of rotatable bonds is 7. The molecule has 2 heterocycles. The molecule has 1 aromatic heterocycles. The van der Waals surface area contributed by atoms with Crippen LogP contribution in [0, 0.1) is 5.82 Å². The molecule has 4 rings (SSSR count). The van der Waals surface area contributed by atoms with E-state index in [1.165, 1.54) is 17.7 Å². The van der Waals surface area contributed by atoms with Crippen LogP contribution >= 0.6 is 0 Å². The highest BCUT2D eigenvalue weighted by Gasteiger charge is 2.18. The van der Waals surface area contributed by atoms with Gasteiger partial charge in [-0.3, -0.25) is 9.69 Å². The summed E-state index contributed by atoms with van der Waals surface area (Å²) in [6, 6.07) is 13.9. The fourth-order valence-electron chi connectivity index (χ4n) is 3.81. The van der Waals surface area contributed by atoms with E-state index in [1.54, 1.807) is 23.9 Å². The Hall–Kier alpha value is -3.45. The van der Waals surface area contributed by atoms with Gasteiger partial charge in [-0.2, -0.15) is 5.10 Å². The second-order valence-electron chi connectivity index (χ2n) is 7.93. The molecule has 0 saturated heterocycles. The van der Waals surface area contributed by atoms with Crippen LogP contribution in [0.1, 0.15) is 30.5 Å². The molecule has 3 aromatic rings. The number of nitrogens with zero attached hydrogens (tertiary/aromatic N) is 3. The van der Waals surface area contributed by atoms with Crippen molar-refractivity contribution in [3.8, 4) is 11.4 Å². The zero-order valence-electron chi connectivity index (χ0n) is 18.3. The SMILES string of the molecule is COc1ccc([C@@H](C)NC(=O)CN2CC=C(c3cnn(-c4ccc(F)cc4)c3)CC2)cc1. The highest BCUT2D eigenvalue weighted by molar-refractivity contribution is 5.78. The Morgan fingerprint density at radius 2 is 1.94 bits per heavy atom. The predicted molar refractivity (Wildman–Crippen MR) is 122 cm³/mol. The molecule has 1 atom stereocenters. The van der Waals surface area contributed by atoms with Crippen molar-refractivity contribution < 1.29 is 13.9 Å². The molecule has 0 unspecified atom stereocenters. The van der Waals surface area contributed by atoms with Crippen LogP contribution in [0.25, 0.3) is 11.3 Å². The van der Waals surface area contributed by atoms with Crippen LogP contribution in [0.3, 0.4) is 0 Å².